The van der Waals surface area contributed by atoms with Gasteiger partial charge in [0, 0.05) is 12.6 Å². The summed E-state index contributed by atoms with van der Waals surface area (Å²) in [4.78, 5) is 15.7. The van der Waals surface area contributed by atoms with Gasteiger partial charge in [0.2, 0.25) is 0 Å². The first-order chi connectivity index (χ1) is 9.86. The largest absolute Gasteiger partial charge is 0.497 e. The Bertz CT molecular complexity index is 588. The van der Waals surface area contributed by atoms with Gasteiger partial charge in [0.1, 0.15) is 23.3 Å². The fourth-order valence-corrected chi connectivity index (χ4v) is 3.41. The highest BCUT2D eigenvalue weighted by Crippen LogP contribution is 2.46. The summed E-state index contributed by atoms with van der Waals surface area (Å²) in [5.74, 6) is 1.57. The molecule has 2 amide bonds. The summed E-state index contributed by atoms with van der Waals surface area (Å²) in [7, 11) is 1.64. The maximum Gasteiger partial charge on any atom is 0.316 e. The minimum absolute atomic E-state index is 0.0190. The van der Waals surface area contributed by atoms with Gasteiger partial charge >= 0.3 is 6.03 Å². The Morgan fingerprint density at radius 1 is 1.48 bits per heavy atom. The molecule has 1 saturated heterocycles. The maximum atomic E-state index is 11.8. The molecule has 0 spiro atoms. The molecule has 2 atom stereocenters. The molecule has 0 radical (unpaired) electrons. The fraction of sp³-hybridized carbons (Fsp3) is 0.533. The summed E-state index contributed by atoms with van der Waals surface area (Å²) in [5.41, 5.74) is 5.98. The average molecular weight is 291 g/mol. The van der Waals surface area contributed by atoms with Crippen LogP contribution in [0.15, 0.2) is 18.2 Å². The van der Waals surface area contributed by atoms with Crippen molar-refractivity contribution < 1.29 is 14.3 Å². The van der Waals surface area contributed by atoms with E-state index in [0.717, 1.165) is 17.2 Å². The molecular formula is C15H21N3O3. The van der Waals surface area contributed by atoms with Crippen molar-refractivity contribution in [2.45, 2.75) is 38.6 Å². The SMILES string of the molecule is COc1ccc2c(c1)N1C(CN(C(N)=O)C1(C)C)C(C)O2. The normalized spacial score (nSPS) is 25.9. The average Bonchev–Trinajstić information content (AvgIpc) is 2.71. The van der Waals surface area contributed by atoms with Crippen molar-refractivity contribution in [2.24, 2.45) is 5.73 Å². The number of ether oxygens (including phenoxy) is 2. The summed E-state index contributed by atoms with van der Waals surface area (Å²) in [6.45, 7) is 6.57. The number of nitrogens with two attached hydrogens (primary N) is 1. The fourth-order valence-electron chi connectivity index (χ4n) is 3.41. The Balaban J connectivity index is 2.12. The van der Waals surface area contributed by atoms with Crippen molar-refractivity contribution in [3.8, 4) is 11.5 Å². The second kappa shape index (κ2) is 4.44. The molecule has 114 valence electrons. The van der Waals surface area contributed by atoms with Gasteiger partial charge in [-0.1, -0.05) is 0 Å². The molecule has 1 fully saturated rings. The number of hydrogen-bond donors (Lipinski definition) is 1. The predicted molar refractivity (Wildman–Crippen MR) is 79.7 cm³/mol. The van der Waals surface area contributed by atoms with Crippen LogP contribution in [0.4, 0.5) is 10.5 Å². The smallest absolute Gasteiger partial charge is 0.316 e. The topological polar surface area (TPSA) is 68.0 Å². The summed E-state index contributed by atoms with van der Waals surface area (Å²) in [5, 5.41) is 0. The number of carbonyl (C=O) groups excluding carboxylic acids is 1. The second-order valence-corrected chi connectivity index (χ2v) is 6.04. The number of urea groups is 1. The van der Waals surface area contributed by atoms with Gasteiger partial charge in [0.15, 0.2) is 0 Å². The van der Waals surface area contributed by atoms with E-state index >= 15 is 0 Å². The molecule has 2 aliphatic heterocycles. The highest BCUT2D eigenvalue weighted by atomic mass is 16.5. The standard InChI is InChI=1S/C15H21N3O3/c1-9-12-8-17(14(16)19)15(2,3)18(12)11-7-10(20-4)5-6-13(11)21-9/h5-7,9,12H,8H2,1-4H3,(H2,16,19). The first kappa shape index (κ1) is 13.9. The third-order valence-corrected chi connectivity index (χ3v) is 4.50. The Hall–Kier alpha value is -2.11. The zero-order valence-corrected chi connectivity index (χ0v) is 12.8. The number of anilines is 1. The number of primary amides is 1. The van der Waals surface area contributed by atoms with Crippen molar-refractivity contribution >= 4 is 11.7 Å². The molecule has 21 heavy (non-hydrogen) atoms. The van der Waals surface area contributed by atoms with E-state index in [1.165, 1.54) is 0 Å². The number of benzene rings is 1. The molecule has 0 saturated carbocycles. The van der Waals surface area contributed by atoms with Gasteiger partial charge in [-0.05, 0) is 32.9 Å². The zero-order valence-electron chi connectivity index (χ0n) is 12.8. The van der Waals surface area contributed by atoms with Crippen LogP contribution in [0.1, 0.15) is 20.8 Å². The zero-order chi connectivity index (χ0) is 15.4. The maximum absolute atomic E-state index is 11.8. The molecule has 0 aromatic heterocycles. The number of nitrogens with zero attached hydrogens (tertiary/aromatic N) is 2. The minimum Gasteiger partial charge on any atom is -0.497 e. The number of methoxy groups -OCH3 is 1. The van der Waals surface area contributed by atoms with Crippen molar-refractivity contribution in [3.63, 3.8) is 0 Å². The van der Waals surface area contributed by atoms with Crippen LogP contribution in [0, 0.1) is 0 Å². The number of carbonyl (C=O) groups is 1. The summed E-state index contributed by atoms with van der Waals surface area (Å²) in [6, 6.07) is 5.39. The number of fused-ring (bicyclic) bond motifs is 3. The molecule has 0 aliphatic carbocycles. The third kappa shape index (κ3) is 1.89. The van der Waals surface area contributed by atoms with Gasteiger partial charge in [-0.2, -0.15) is 0 Å². The van der Waals surface area contributed by atoms with Crippen LogP contribution in [-0.4, -0.2) is 42.4 Å². The lowest BCUT2D eigenvalue weighted by atomic mass is 10.0. The van der Waals surface area contributed by atoms with Crippen LogP contribution in [0.3, 0.4) is 0 Å². The Morgan fingerprint density at radius 2 is 2.19 bits per heavy atom. The highest BCUT2D eigenvalue weighted by Gasteiger charge is 2.52. The van der Waals surface area contributed by atoms with Crippen LogP contribution >= 0.6 is 0 Å². The summed E-state index contributed by atoms with van der Waals surface area (Å²) in [6.07, 6.45) is -0.0190. The molecule has 6 nitrogen and oxygen atoms in total. The molecule has 3 rings (SSSR count). The van der Waals surface area contributed by atoms with Gasteiger partial charge in [0.25, 0.3) is 0 Å². The molecule has 2 N–H and O–H groups in total. The number of amides is 2. The van der Waals surface area contributed by atoms with E-state index in [2.05, 4.69) is 4.90 Å². The van der Waals surface area contributed by atoms with E-state index in [0.29, 0.717) is 6.54 Å². The van der Waals surface area contributed by atoms with E-state index < -0.39 is 11.7 Å². The predicted octanol–water partition coefficient (Wildman–Crippen LogP) is 1.78. The van der Waals surface area contributed by atoms with E-state index in [-0.39, 0.29) is 12.1 Å². The number of rotatable bonds is 1. The van der Waals surface area contributed by atoms with E-state index in [1.807, 2.05) is 39.0 Å². The molecule has 1 aromatic rings. The Morgan fingerprint density at radius 3 is 2.81 bits per heavy atom. The van der Waals surface area contributed by atoms with Gasteiger partial charge in [-0.25, -0.2) is 4.79 Å². The Kier molecular flexibility index (Phi) is 2.93. The molecular weight excluding hydrogens is 270 g/mol. The van der Waals surface area contributed by atoms with Crippen LogP contribution in [-0.2, 0) is 0 Å². The second-order valence-electron chi connectivity index (χ2n) is 6.04. The molecule has 0 bridgehead atoms. The van der Waals surface area contributed by atoms with Crippen molar-refractivity contribution in [2.75, 3.05) is 18.6 Å². The molecule has 2 aliphatic rings. The van der Waals surface area contributed by atoms with Gasteiger partial charge in [-0.3, -0.25) is 0 Å². The quantitative estimate of drug-likeness (QED) is 0.856. The monoisotopic (exact) mass is 291 g/mol. The molecule has 1 aromatic carbocycles. The lowest BCUT2D eigenvalue weighted by molar-refractivity contribution is 0.175. The van der Waals surface area contributed by atoms with Gasteiger partial charge < -0.3 is 25.0 Å². The molecule has 6 heteroatoms. The molecule has 2 unspecified atom stereocenters. The van der Waals surface area contributed by atoms with E-state index in [1.54, 1.807) is 12.0 Å². The summed E-state index contributed by atoms with van der Waals surface area (Å²) < 4.78 is 11.3. The number of hydrogen-bond acceptors (Lipinski definition) is 4. The third-order valence-electron chi connectivity index (χ3n) is 4.50. The lowest BCUT2D eigenvalue weighted by Gasteiger charge is -2.44. The van der Waals surface area contributed by atoms with Crippen LogP contribution in [0.5, 0.6) is 11.5 Å². The van der Waals surface area contributed by atoms with Crippen molar-refractivity contribution in [3.05, 3.63) is 18.2 Å². The minimum atomic E-state index is -0.504. The van der Waals surface area contributed by atoms with E-state index in [4.69, 9.17) is 15.2 Å². The van der Waals surface area contributed by atoms with Crippen molar-refractivity contribution in [1.82, 2.24) is 4.90 Å². The highest BCUT2D eigenvalue weighted by molar-refractivity contribution is 5.76. The first-order valence-corrected chi connectivity index (χ1v) is 7.07. The summed E-state index contributed by atoms with van der Waals surface area (Å²) >= 11 is 0. The van der Waals surface area contributed by atoms with E-state index in [9.17, 15) is 4.79 Å². The lowest BCUT2D eigenvalue weighted by Crippen LogP contribution is -2.56. The van der Waals surface area contributed by atoms with Gasteiger partial charge in [0.05, 0.1) is 18.8 Å². The molecule has 2 heterocycles. The van der Waals surface area contributed by atoms with Crippen LogP contribution in [0.2, 0.25) is 0 Å². The van der Waals surface area contributed by atoms with Crippen LogP contribution < -0.4 is 20.1 Å². The van der Waals surface area contributed by atoms with Crippen LogP contribution in [0.25, 0.3) is 0 Å². The van der Waals surface area contributed by atoms with Gasteiger partial charge in [-0.15, -0.1) is 0 Å². The Labute approximate surface area is 124 Å². The first-order valence-electron chi connectivity index (χ1n) is 7.07. The van der Waals surface area contributed by atoms with Crippen molar-refractivity contribution in [1.29, 1.82) is 0 Å².